The van der Waals surface area contributed by atoms with Gasteiger partial charge in [-0.15, -0.1) is 0 Å². The Hall–Kier alpha value is -2.64. The molecular weight excluding hydrogens is 338 g/mol. The number of furan rings is 1. The smallest absolute Gasteiger partial charge is 0.339 e. The van der Waals surface area contributed by atoms with Crippen LogP contribution in [0.5, 0.6) is 0 Å². The van der Waals surface area contributed by atoms with Crippen LogP contribution in [0.15, 0.2) is 32.0 Å². The molecule has 26 heavy (non-hydrogen) atoms. The van der Waals surface area contributed by atoms with Crippen LogP contribution in [0.3, 0.4) is 0 Å². The van der Waals surface area contributed by atoms with Crippen LogP contribution in [0.1, 0.15) is 23.1 Å². The zero-order valence-corrected chi connectivity index (χ0v) is 14.7. The molecule has 0 bridgehead atoms. The Morgan fingerprint density at radius 3 is 2.73 bits per heavy atom. The SMILES string of the molecule is Cc1coc2cc3oc(=O)c(CCC(=O)NC[C@@H](O)CO)c(C)c3cc12. The second-order valence-electron chi connectivity index (χ2n) is 6.40. The van der Waals surface area contributed by atoms with Crippen molar-refractivity contribution < 1.29 is 23.8 Å². The molecule has 7 nitrogen and oxygen atoms in total. The molecule has 3 aromatic rings. The number of aryl methyl sites for hydroxylation is 2. The van der Waals surface area contributed by atoms with Gasteiger partial charge in [-0.2, -0.15) is 0 Å². The van der Waals surface area contributed by atoms with Gasteiger partial charge in [-0.3, -0.25) is 4.79 Å². The fourth-order valence-corrected chi connectivity index (χ4v) is 2.95. The fraction of sp³-hybridized carbons (Fsp3) is 0.368. The lowest BCUT2D eigenvalue weighted by atomic mass is 10.0. The molecule has 2 aromatic heterocycles. The van der Waals surface area contributed by atoms with E-state index in [0.29, 0.717) is 16.7 Å². The number of carbonyl (C=O) groups excluding carboxylic acids is 1. The van der Waals surface area contributed by atoms with Gasteiger partial charge in [-0.05, 0) is 37.5 Å². The molecule has 1 atom stereocenters. The quantitative estimate of drug-likeness (QED) is 0.576. The molecule has 0 radical (unpaired) electrons. The van der Waals surface area contributed by atoms with Gasteiger partial charge < -0.3 is 24.4 Å². The van der Waals surface area contributed by atoms with E-state index in [0.717, 1.165) is 21.9 Å². The Morgan fingerprint density at radius 1 is 1.23 bits per heavy atom. The molecule has 0 aliphatic carbocycles. The van der Waals surface area contributed by atoms with E-state index in [1.54, 1.807) is 12.3 Å². The first kappa shape index (κ1) is 18.2. The van der Waals surface area contributed by atoms with E-state index in [1.165, 1.54) is 0 Å². The molecule has 0 saturated heterocycles. The number of fused-ring (bicyclic) bond motifs is 2. The van der Waals surface area contributed by atoms with Gasteiger partial charge >= 0.3 is 5.63 Å². The number of aliphatic hydroxyl groups is 2. The average Bonchev–Trinajstić information content (AvgIpc) is 2.98. The van der Waals surface area contributed by atoms with Gasteiger partial charge in [0.05, 0.1) is 19.0 Å². The first-order valence-electron chi connectivity index (χ1n) is 8.40. The Labute approximate surface area is 149 Å². The first-order valence-corrected chi connectivity index (χ1v) is 8.40. The number of hydrogen-bond donors (Lipinski definition) is 3. The van der Waals surface area contributed by atoms with E-state index in [-0.39, 0.29) is 25.3 Å². The predicted octanol–water partition coefficient (Wildman–Crippen LogP) is 1.56. The van der Waals surface area contributed by atoms with E-state index in [1.807, 2.05) is 19.9 Å². The van der Waals surface area contributed by atoms with Crippen molar-refractivity contribution in [3.8, 4) is 0 Å². The van der Waals surface area contributed by atoms with Crippen molar-refractivity contribution in [1.29, 1.82) is 0 Å². The summed E-state index contributed by atoms with van der Waals surface area (Å²) in [5, 5.41) is 22.3. The molecule has 3 rings (SSSR count). The van der Waals surface area contributed by atoms with Gasteiger partial charge in [0.2, 0.25) is 5.91 Å². The van der Waals surface area contributed by atoms with Crippen molar-refractivity contribution in [3.63, 3.8) is 0 Å². The summed E-state index contributed by atoms with van der Waals surface area (Å²) in [5.74, 6) is -0.308. The Kier molecular flexibility index (Phi) is 5.11. The zero-order valence-electron chi connectivity index (χ0n) is 14.7. The fourth-order valence-electron chi connectivity index (χ4n) is 2.95. The van der Waals surface area contributed by atoms with Gasteiger partial charge in [0.25, 0.3) is 0 Å². The molecule has 0 saturated carbocycles. The van der Waals surface area contributed by atoms with Gasteiger partial charge in [-0.1, -0.05) is 0 Å². The maximum atomic E-state index is 12.3. The summed E-state index contributed by atoms with van der Waals surface area (Å²) in [5.41, 5.74) is 2.87. The number of carbonyl (C=O) groups is 1. The average molecular weight is 359 g/mol. The number of rotatable bonds is 6. The number of amides is 1. The minimum atomic E-state index is -0.993. The molecule has 0 unspecified atom stereocenters. The summed E-state index contributed by atoms with van der Waals surface area (Å²) in [7, 11) is 0. The second kappa shape index (κ2) is 7.31. The maximum absolute atomic E-state index is 12.3. The van der Waals surface area contributed by atoms with Crippen LogP contribution in [0, 0.1) is 13.8 Å². The number of aliphatic hydroxyl groups excluding tert-OH is 2. The lowest BCUT2D eigenvalue weighted by molar-refractivity contribution is -0.121. The zero-order chi connectivity index (χ0) is 18.8. The van der Waals surface area contributed by atoms with Crippen molar-refractivity contribution in [2.24, 2.45) is 0 Å². The minimum absolute atomic E-state index is 0.0294. The highest BCUT2D eigenvalue weighted by Crippen LogP contribution is 2.28. The van der Waals surface area contributed by atoms with E-state index in [9.17, 15) is 14.7 Å². The lowest BCUT2D eigenvalue weighted by Crippen LogP contribution is -2.34. The monoisotopic (exact) mass is 359 g/mol. The Balaban J connectivity index is 1.86. The third-order valence-corrected chi connectivity index (χ3v) is 4.52. The maximum Gasteiger partial charge on any atom is 0.339 e. The van der Waals surface area contributed by atoms with Crippen LogP contribution in [0.4, 0.5) is 0 Å². The first-order chi connectivity index (χ1) is 12.4. The molecule has 0 spiro atoms. The van der Waals surface area contributed by atoms with Gasteiger partial charge in [0, 0.05) is 35.4 Å². The van der Waals surface area contributed by atoms with Gasteiger partial charge in [-0.25, -0.2) is 4.79 Å². The van der Waals surface area contributed by atoms with Crippen LogP contribution in [0.25, 0.3) is 21.9 Å². The minimum Gasteiger partial charge on any atom is -0.464 e. The lowest BCUT2D eigenvalue weighted by Gasteiger charge is -2.10. The Morgan fingerprint density at radius 2 is 2.00 bits per heavy atom. The molecule has 1 amide bonds. The molecule has 7 heteroatoms. The molecule has 138 valence electrons. The second-order valence-corrected chi connectivity index (χ2v) is 6.40. The van der Waals surface area contributed by atoms with Gasteiger partial charge in [0.15, 0.2) is 0 Å². The molecule has 0 fully saturated rings. The van der Waals surface area contributed by atoms with Crippen molar-refractivity contribution in [2.45, 2.75) is 32.8 Å². The highest BCUT2D eigenvalue weighted by atomic mass is 16.4. The predicted molar refractivity (Wildman–Crippen MR) is 96.2 cm³/mol. The summed E-state index contributed by atoms with van der Waals surface area (Å²) in [6.07, 6.45) is 0.978. The van der Waals surface area contributed by atoms with Crippen molar-refractivity contribution in [2.75, 3.05) is 13.2 Å². The Bertz CT molecular complexity index is 1020. The third kappa shape index (κ3) is 3.49. The van der Waals surface area contributed by atoms with Crippen LogP contribution in [-0.4, -0.2) is 35.4 Å². The van der Waals surface area contributed by atoms with Crippen LogP contribution >= 0.6 is 0 Å². The summed E-state index contributed by atoms with van der Waals surface area (Å²) >= 11 is 0. The largest absolute Gasteiger partial charge is 0.464 e. The number of hydrogen-bond acceptors (Lipinski definition) is 6. The summed E-state index contributed by atoms with van der Waals surface area (Å²) in [4.78, 5) is 24.2. The summed E-state index contributed by atoms with van der Waals surface area (Å²) in [6.45, 7) is 3.33. The third-order valence-electron chi connectivity index (χ3n) is 4.52. The topological polar surface area (TPSA) is 113 Å². The number of nitrogens with one attached hydrogen (secondary N) is 1. The van der Waals surface area contributed by atoms with Crippen molar-refractivity contribution in [3.05, 3.63) is 45.5 Å². The molecule has 2 heterocycles. The highest BCUT2D eigenvalue weighted by Gasteiger charge is 2.15. The van der Waals surface area contributed by atoms with Crippen molar-refractivity contribution in [1.82, 2.24) is 5.32 Å². The number of benzene rings is 1. The molecule has 0 aliphatic rings. The summed E-state index contributed by atoms with van der Waals surface area (Å²) < 4.78 is 10.9. The van der Waals surface area contributed by atoms with E-state index >= 15 is 0 Å². The molecule has 0 aliphatic heterocycles. The molecule has 3 N–H and O–H groups in total. The van der Waals surface area contributed by atoms with Crippen LogP contribution in [-0.2, 0) is 11.2 Å². The van der Waals surface area contributed by atoms with E-state index in [4.69, 9.17) is 13.9 Å². The molecule has 1 aromatic carbocycles. The highest BCUT2D eigenvalue weighted by molar-refractivity contribution is 5.96. The molecular formula is C19H21NO6. The summed E-state index contributed by atoms with van der Waals surface area (Å²) in [6, 6.07) is 3.64. The standard InChI is InChI=1S/C19H21NO6/c1-10-9-25-16-6-17-15(5-14(10)16)11(2)13(19(24)26-17)3-4-18(23)20-7-12(22)8-21/h5-6,9,12,21-22H,3-4,7-8H2,1-2H3,(H,20,23)/t12-/m1/s1. The van der Waals surface area contributed by atoms with E-state index < -0.39 is 18.3 Å². The van der Waals surface area contributed by atoms with Crippen LogP contribution in [0.2, 0.25) is 0 Å². The van der Waals surface area contributed by atoms with Gasteiger partial charge in [0.1, 0.15) is 11.2 Å². The normalized spacial score (nSPS) is 12.6. The van der Waals surface area contributed by atoms with Crippen LogP contribution < -0.4 is 10.9 Å². The van der Waals surface area contributed by atoms with E-state index in [2.05, 4.69) is 5.32 Å². The van der Waals surface area contributed by atoms with Crippen molar-refractivity contribution >= 4 is 27.8 Å².